The van der Waals surface area contributed by atoms with Gasteiger partial charge in [0.15, 0.2) is 6.10 Å². The number of aliphatic hydroxyl groups is 1. The van der Waals surface area contributed by atoms with Gasteiger partial charge < -0.3 is 19.9 Å². The molecule has 5 heteroatoms. The van der Waals surface area contributed by atoms with E-state index in [9.17, 15) is 9.90 Å². The molecule has 0 saturated carbocycles. The molecule has 5 nitrogen and oxygen atoms in total. The van der Waals surface area contributed by atoms with Gasteiger partial charge in [-0.05, 0) is 17.7 Å². The van der Waals surface area contributed by atoms with E-state index in [0.717, 1.165) is 0 Å². The van der Waals surface area contributed by atoms with Crippen molar-refractivity contribution in [3.8, 4) is 5.75 Å². The van der Waals surface area contributed by atoms with Crippen LogP contribution in [0.3, 0.4) is 0 Å². The first kappa shape index (κ1) is 13.8. The highest BCUT2D eigenvalue weighted by Gasteiger charge is 2.34. The van der Waals surface area contributed by atoms with Gasteiger partial charge in [0, 0.05) is 12.0 Å². The number of methoxy groups -OCH3 is 1. The molecule has 19 heavy (non-hydrogen) atoms. The van der Waals surface area contributed by atoms with Crippen LogP contribution in [0.2, 0.25) is 0 Å². The number of ether oxygens (including phenoxy) is 2. The summed E-state index contributed by atoms with van der Waals surface area (Å²) in [6, 6.07) is 6.79. The second kappa shape index (κ2) is 5.59. The van der Waals surface area contributed by atoms with Gasteiger partial charge in [-0.2, -0.15) is 0 Å². The normalized spacial score (nSPS) is 18.3. The van der Waals surface area contributed by atoms with Crippen LogP contribution in [0.5, 0.6) is 5.75 Å². The smallest absolute Gasteiger partial charge is 0.253 e. The lowest BCUT2D eigenvalue weighted by Crippen LogP contribution is -2.49. The molecule has 0 radical (unpaired) electrons. The third-order valence-corrected chi connectivity index (χ3v) is 3.27. The SMILES string of the molecule is COc1ccc([C@H](O)C(=O)NCC2(C)COC2)cc1. The van der Waals surface area contributed by atoms with E-state index in [1.165, 1.54) is 0 Å². The minimum absolute atomic E-state index is 0.00467. The molecule has 1 aliphatic rings. The molecule has 104 valence electrons. The summed E-state index contributed by atoms with van der Waals surface area (Å²) in [5, 5.41) is 12.7. The Labute approximate surface area is 112 Å². The number of hydrogen-bond donors (Lipinski definition) is 2. The molecule has 1 heterocycles. The fourth-order valence-electron chi connectivity index (χ4n) is 1.89. The first-order valence-corrected chi connectivity index (χ1v) is 6.21. The molecule has 2 N–H and O–H groups in total. The zero-order chi connectivity index (χ0) is 13.9. The molecule has 0 unspecified atom stereocenters. The largest absolute Gasteiger partial charge is 0.497 e. The number of nitrogens with one attached hydrogen (secondary N) is 1. The van der Waals surface area contributed by atoms with Gasteiger partial charge in [0.1, 0.15) is 5.75 Å². The van der Waals surface area contributed by atoms with Crippen LogP contribution in [-0.4, -0.2) is 37.9 Å². The minimum atomic E-state index is -1.16. The Hall–Kier alpha value is -1.59. The van der Waals surface area contributed by atoms with Crippen molar-refractivity contribution in [1.29, 1.82) is 0 Å². The average molecular weight is 265 g/mol. The third-order valence-electron chi connectivity index (χ3n) is 3.27. The van der Waals surface area contributed by atoms with Crippen molar-refractivity contribution in [2.75, 3.05) is 26.9 Å². The maximum Gasteiger partial charge on any atom is 0.253 e. The average Bonchev–Trinajstić information content (AvgIpc) is 2.42. The van der Waals surface area contributed by atoms with Crippen molar-refractivity contribution in [3.63, 3.8) is 0 Å². The molecular formula is C14H19NO4. The van der Waals surface area contributed by atoms with Crippen molar-refractivity contribution < 1.29 is 19.4 Å². The number of carbonyl (C=O) groups excluding carboxylic acids is 1. The summed E-state index contributed by atoms with van der Waals surface area (Å²) in [6.07, 6.45) is -1.16. The Morgan fingerprint density at radius 1 is 1.47 bits per heavy atom. The topological polar surface area (TPSA) is 67.8 Å². The molecule has 1 aromatic rings. The number of carbonyl (C=O) groups is 1. The predicted octanol–water partition coefficient (Wildman–Crippen LogP) is 0.881. The van der Waals surface area contributed by atoms with Crippen LogP contribution < -0.4 is 10.1 Å². The lowest BCUT2D eigenvalue weighted by molar-refractivity contribution is -0.134. The molecule has 2 rings (SSSR count). The predicted molar refractivity (Wildman–Crippen MR) is 69.9 cm³/mol. The molecule has 0 spiro atoms. The standard InChI is InChI=1S/C14H19NO4/c1-14(8-19-9-14)7-15-13(17)12(16)10-3-5-11(18-2)6-4-10/h3-6,12,16H,7-9H2,1-2H3,(H,15,17)/t12-/m0/s1. The molecular weight excluding hydrogens is 246 g/mol. The molecule has 0 bridgehead atoms. The summed E-state index contributed by atoms with van der Waals surface area (Å²) >= 11 is 0. The highest BCUT2D eigenvalue weighted by molar-refractivity contribution is 5.81. The van der Waals surface area contributed by atoms with Crippen LogP contribution in [0.4, 0.5) is 0 Å². The second-order valence-electron chi connectivity index (χ2n) is 5.20. The summed E-state index contributed by atoms with van der Waals surface area (Å²) in [6.45, 7) is 3.84. The summed E-state index contributed by atoms with van der Waals surface area (Å²) in [5.74, 6) is 0.300. The van der Waals surface area contributed by atoms with Crippen molar-refractivity contribution in [3.05, 3.63) is 29.8 Å². The van der Waals surface area contributed by atoms with Crippen molar-refractivity contribution in [2.45, 2.75) is 13.0 Å². The Bertz CT molecular complexity index is 439. The number of hydrogen-bond acceptors (Lipinski definition) is 4. The van der Waals surface area contributed by atoms with Crippen LogP contribution in [0.15, 0.2) is 24.3 Å². The van der Waals surface area contributed by atoms with Gasteiger partial charge in [0.05, 0.1) is 20.3 Å². The lowest BCUT2D eigenvalue weighted by Gasteiger charge is -2.38. The first-order chi connectivity index (χ1) is 9.04. The summed E-state index contributed by atoms with van der Waals surface area (Å²) in [7, 11) is 1.57. The van der Waals surface area contributed by atoms with Gasteiger partial charge >= 0.3 is 0 Å². The zero-order valence-corrected chi connectivity index (χ0v) is 11.2. The second-order valence-corrected chi connectivity index (χ2v) is 5.20. The lowest BCUT2D eigenvalue weighted by atomic mass is 9.88. The highest BCUT2D eigenvalue weighted by atomic mass is 16.5. The van der Waals surface area contributed by atoms with E-state index in [-0.39, 0.29) is 5.41 Å². The van der Waals surface area contributed by atoms with Crippen molar-refractivity contribution in [2.24, 2.45) is 5.41 Å². The van der Waals surface area contributed by atoms with E-state index in [1.54, 1.807) is 31.4 Å². The fourth-order valence-corrected chi connectivity index (χ4v) is 1.89. The van der Waals surface area contributed by atoms with E-state index in [1.807, 2.05) is 6.92 Å². The van der Waals surface area contributed by atoms with E-state index >= 15 is 0 Å². The zero-order valence-electron chi connectivity index (χ0n) is 11.2. The highest BCUT2D eigenvalue weighted by Crippen LogP contribution is 2.25. The Kier molecular flexibility index (Phi) is 4.07. The van der Waals surface area contributed by atoms with Gasteiger partial charge in [-0.15, -0.1) is 0 Å². The van der Waals surface area contributed by atoms with Crippen LogP contribution in [-0.2, 0) is 9.53 Å². The first-order valence-electron chi connectivity index (χ1n) is 6.21. The molecule has 1 aliphatic heterocycles. The van der Waals surface area contributed by atoms with Crippen molar-refractivity contribution in [1.82, 2.24) is 5.32 Å². The van der Waals surface area contributed by atoms with Crippen LogP contribution in [0.25, 0.3) is 0 Å². The number of amides is 1. The van der Waals surface area contributed by atoms with Crippen LogP contribution in [0.1, 0.15) is 18.6 Å². The fraction of sp³-hybridized carbons (Fsp3) is 0.500. The third kappa shape index (κ3) is 3.24. The van der Waals surface area contributed by atoms with Crippen molar-refractivity contribution >= 4 is 5.91 Å². The van der Waals surface area contributed by atoms with Crippen LogP contribution in [0, 0.1) is 5.41 Å². The maximum atomic E-state index is 11.9. The number of aliphatic hydroxyl groups excluding tert-OH is 1. The molecule has 1 atom stereocenters. The van der Waals surface area contributed by atoms with Gasteiger partial charge in [0.2, 0.25) is 0 Å². The molecule has 1 saturated heterocycles. The molecule has 1 amide bonds. The van der Waals surface area contributed by atoms with Crippen LogP contribution >= 0.6 is 0 Å². The van der Waals surface area contributed by atoms with E-state index in [2.05, 4.69) is 5.32 Å². The van der Waals surface area contributed by atoms with E-state index in [0.29, 0.717) is 31.1 Å². The number of rotatable bonds is 5. The van der Waals surface area contributed by atoms with Gasteiger partial charge in [-0.3, -0.25) is 4.79 Å². The Balaban J connectivity index is 1.90. The molecule has 1 fully saturated rings. The quantitative estimate of drug-likeness (QED) is 0.829. The summed E-state index contributed by atoms with van der Waals surface area (Å²) in [4.78, 5) is 11.9. The molecule has 0 aliphatic carbocycles. The van der Waals surface area contributed by atoms with Gasteiger partial charge in [-0.25, -0.2) is 0 Å². The summed E-state index contributed by atoms with van der Waals surface area (Å²) in [5.41, 5.74) is 0.545. The summed E-state index contributed by atoms with van der Waals surface area (Å²) < 4.78 is 10.1. The maximum absolute atomic E-state index is 11.9. The van der Waals surface area contributed by atoms with Gasteiger partial charge in [0.25, 0.3) is 5.91 Å². The Morgan fingerprint density at radius 2 is 2.11 bits per heavy atom. The van der Waals surface area contributed by atoms with E-state index < -0.39 is 12.0 Å². The molecule has 1 aromatic carbocycles. The molecule has 0 aromatic heterocycles. The minimum Gasteiger partial charge on any atom is -0.497 e. The van der Waals surface area contributed by atoms with E-state index in [4.69, 9.17) is 9.47 Å². The monoisotopic (exact) mass is 265 g/mol. The number of benzene rings is 1. The van der Waals surface area contributed by atoms with Gasteiger partial charge in [-0.1, -0.05) is 19.1 Å². The Morgan fingerprint density at radius 3 is 2.58 bits per heavy atom.